The van der Waals surface area contributed by atoms with E-state index in [-0.39, 0.29) is 17.9 Å². The van der Waals surface area contributed by atoms with Gasteiger partial charge in [0.05, 0.1) is 12.0 Å². The molecule has 1 aliphatic rings. The van der Waals surface area contributed by atoms with Gasteiger partial charge >= 0.3 is 0 Å². The van der Waals surface area contributed by atoms with Gasteiger partial charge in [-0.15, -0.1) is 0 Å². The third-order valence-electron chi connectivity index (χ3n) is 2.81. The van der Waals surface area contributed by atoms with Gasteiger partial charge in [0, 0.05) is 0 Å². The molecule has 0 aromatic heterocycles. The molecule has 0 saturated carbocycles. The summed E-state index contributed by atoms with van der Waals surface area (Å²) in [6.07, 6.45) is 5.05. The molecule has 0 aliphatic carbocycles. The standard InChI is InChI=1S/C13H15NO/c1-2-11-12(14-13(11)15)9-8-10-6-4-3-5-7-10/h3-9,11-12H,2H2,1H3,(H,14,15)/b9-8+/t11-,12+/m0/s1. The summed E-state index contributed by atoms with van der Waals surface area (Å²) in [5.74, 6) is 0.352. The Morgan fingerprint density at radius 1 is 1.33 bits per heavy atom. The fourth-order valence-electron chi connectivity index (χ4n) is 1.84. The van der Waals surface area contributed by atoms with E-state index in [1.807, 2.05) is 25.1 Å². The van der Waals surface area contributed by atoms with E-state index in [2.05, 4.69) is 29.6 Å². The Kier molecular flexibility index (Phi) is 2.86. The Hall–Kier alpha value is -1.57. The smallest absolute Gasteiger partial charge is 0.225 e. The molecule has 0 unspecified atom stereocenters. The molecular formula is C13H15NO. The maximum atomic E-state index is 11.1. The second kappa shape index (κ2) is 4.30. The number of nitrogens with one attached hydrogen (secondary N) is 1. The van der Waals surface area contributed by atoms with Crippen molar-refractivity contribution in [1.82, 2.24) is 5.32 Å². The summed E-state index contributed by atoms with van der Waals surface area (Å²) in [5, 5.41) is 2.89. The van der Waals surface area contributed by atoms with Crippen molar-refractivity contribution in [2.24, 2.45) is 5.92 Å². The Bertz CT molecular complexity index is 369. The third kappa shape index (κ3) is 2.09. The zero-order valence-electron chi connectivity index (χ0n) is 8.81. The van der Waals surface area contributed by atoms with Crippen LogP contribution in [-0.4, -0.2) is 11.9 Å². The minimum Gasteiger partial charge on any atom is -0.349 e. The predicted octanol–water partition coefficient (Wildman–Crippen LogP) is 2.22. The molecule has 1 amide bonds. The zero-order chi connectivity index (χ0) is 10.7. The monoisotopic (exact) mass is 201 g/mol. The summed E-state index contributed by atoms with van der Waals surface area (Å²) in [6.45, 7) is 2.05. The van der Waals surface area contributed by atoms with Crippen molar-refractivity contribution in [3.8, 4) is 0 Å². The Labute approximate surface area is 90.0 Å². The topological polar surface area (TPSA) is 29.1 Å². The van der Waals surface area contributed by atoms with Gasteiger partial charge in [-0.25, -0.2) is 0 Å². The molecule has 1 fully saturated rings. The molecule has 2 heteroatoms. The highest BCUT2D eigenvalue weighted by Crippen LogP contribution is 2.20. The summed E-state index contributed by atoms with van der Waals surface area (Å²) in [4.78, 5) is 11.1. The molecule has 2 atom stereocenters. The van der Waals surface area contributed by atoms with Crippen molar-refractivity contribution >= 4 is 12.0 Å². The average molecular weight is 201 g/mol. The Balaban J connectivity index is 1.98. The van der Waals surface area contributed by atoms with Crippen LogP contribution in [0.1, 0.15) is 18.9 Å². The number of β-lactam (4-membered cyclic amide) rings is 1. The fourth-order valence-corrected chi connectivity index (χ4v) is 1.84. The van der Waals surface area contributed by atoms with Crippen molar-refractivity contribution < 1.29 is 4.79 Å². The van der Waals surface area contributed by atoms with Crippen LogP contribution in [0, 0.1) is 5.92 Å². The van der Waals surface area contributed by atoms with Gasteiger partial charge in [0.2, 0.25) is 5.91 Å². The molecule has 0 spiro atoms. The molecule has 1 saturated heterocycles. The van der Waals surface area contributed by atoms with Gasteiger partial charge in [0.25, 0.3) is 0 Å². The van der Waals surface area contributed by atoms with Crippen LogP contribution in [0.3, 0.4) is 0 Å². The first kappa shape index (κ1) is 9.97. The molecule has 1 aromatic carbocycles. The highest BCUT2D eigenvalue weighted by atomic mass is 16.2. The SMILES string of the molecule is CC[C@@H]1C(=O)N[C@@H]1/C=C/c1ccccc1. The number of carbonyl (C=O) groups excluding carboxylic acids is 1. The maximum Gasteiger partial charge on any atom is 0.225 e. The van der Waals surface area contributed by atoms with Crippen molar-refractivity contribution in [2.45, 2.75) is 19.4 Å². The van der Waals surface area contributed by atoms with Crippen LogP contribution in [-0.2, 0) is 4.79 Å². The van der Waals surface area contributed by atoms with Crippen LogP contribution in [0.4, 0.5) is 0 Å². The second-order valence-corrected chi connectivity index (χ2v) is 3.82. The fraction of sp³-hybridized carbons (Fsp3) is 0.308. The quantitative estimate of drug-likeness (QED) is 0.746. The van der Waals surface area contributed by atoms with E-state index in [1.165, 1.54) is 5.56 Å². The Morgan fingerprint density at radius 3 is 2.67 bits per heavy atom. The van der Waals surface area contributed by atoms with Crippen LogP contribution < -0.4 is 5.32 Å². The van der Waals surface area contributed by atoms with Gasteiger partial charge in [-0.3, -0.25) is 4.79 Å². The van der Waals surface area contributed by atoms with Crippen LogP contribution in [0.5, 0.6) is 0 Å². The molecule has 0 bridgehead atoms. The summed E-state index contributed by atoms with van der Waals surface area (Å²) in [5.41, 5.74) is 1.17. The van der Waals surface area contributed by atoms with Crippen LogP contribution in [0.2, 0.25) is 0 Å². The molecule has 1 aromatic rings. The summed E-state index contributed by atoms with van der Waals surface area (Å²) < 4.78 is 0. The van der Waals surface area contributed by atoms with Gasteiger partial charge < -0.3 is 5.32 Å². The largest absolute Gasteiger partial charge is 0.349 e. The van der Waals surface area contributed by atoms with E-state index in [1.54, 1.807) is 0 Å². The molecule has 2 nitrogen and oxygen atoms in total. The van der Waals surface area contributed by atoms with E-state index >= 15 is 0 Å². The summed E-state index contributed by atoms with van der Waals surface area (Å²) in [7, 11) is 0. The zero-order valence-corrected chi connectivity index (χ0v) is 8.81. The highest BCUT2D eigenvalue weighted by Gasteiger charge is 2.35. The lowest BCUT2D eigenvalue weighted by atomic mass is 9.87. The number of benzene rings is 1. The van der Waals surface area contributed by atoms with Gasteiger partial charge in [0.1, 0.15) is 0 Å². The lowest BCUT2D eigenvalue weighted by Crippen LogP contribution is -2.56. The van der Waals surface area contributed by atoms with Gasteiger partial charge in [-0.2, -0.15) is 0 Å². The van der Waals surface area contributed by atoms with Crippen LogP contribution >= 0.6 is 0 Å². The van der Waals surface area contributed by atoms with E-state index in [0.717, 1.165) is 6.42 Å². The first-order valence-electron chi connectivity index (χ1n) is 5.35. The van der Waals surface area contributed by atoms with Crippen LogP contribution in [0.15, 0.2) is 36.4 Å². The van der Waals surface area contributed by atoms with E-state index in [9.17, 15) is 4.79 Å². The normalized spacial score (nSPS) is 25.0. The summed E-state index contributed by atoms with van der Waals surface area (Å²) in [6, 6.07) is 10.3. The van der Waals surface area contributed by atoms with E-state index in [4.69, 9.17) is 0 Å². The van der Waals surface area contributed by atoms with Crippen LogP contribution in [0.25, 0.3) is 6.08 Å². The number of carbonyl (C=O) groups is 1. The van der Waals surface area contributed by atoms with Crippen molar-refractivity contribution in [3.63, 3.8) is 0 Å². The predicted molar refractivity (Wildman–Crippen MR) is 61.2 cm³/mol. The number of amides is 1. The molecular weight excluding hydrogens is 186 g/mol. The van der Waals surface area contributed by atoms with Crippen molar-refractivity contribution in [2.75, 3.05) is 0 Å². The van der Waals surface area contributed by atoms with Gasteiger partial charge in [-0.1, -0.05) is 49.4 Å². The lowest BCUT2D eigenvalue weighted by molar-refractivity contribution is -0.133. The Morgan fingerprint density at radius 2 is 2.07 bits per heavy atom. The molecule has 1 heterocycles. The number of hydrogen-bond donors (Lipinski definition) is 1. The van der Waals surface area contributed by atoms with Gasteiger partial charge in [-0.05, 0) is 12.0 Å². The molecule has 78 valence electrons. The van der Waals surface area contributed by atoms with E-state index in [0.29, 0.717) is 0 Å². The first-order chi connectivity index (χ1) is 7.31. The average Bonchev–Trinajstić information content (AvgIpc) is 2.26. The minimum absolute atomic E-state index is 0.171. The number of rotatable bonds is 3. The first-order valence-corrected chi connectivity index (χ1v) is 5.35. The molecule has 0 radical (unpaired) electrons. The maximum absolute atomic E-state index is 11.1. The van der Waals surface area contributed by atoms with Gasteiger partial charge in [0.15, 0.2) is 0 Å². The minimum atomic E-state index is 0.171. The van der Waals surface area contributed by atoms with E-state index < -0.39 is 0 Å². The highest BCUT2D eigenvalue weighted by molar-refractivity contribution is 5.86. The van der Waals surface area contributed by atoms with Crippen molar-refractivity contribution in [3.05, 3.63) is 42.0 Å². The number of hydrogen-bond acceptors (Lipinski definition) is 1. The lowest BCUT2D eigenvalue weighted by Gasteiger charge is -2.34. The molecule has 2 rings (SSSR count). The van der Waals surface area contributed by atoms with Crippen molar-refractivity contribution in [1.29, 1.82) is 0 Å². The summed E-state index contributed by atoms with van der Waals surface area (Å²) >= 11 is 0. The molecule has 15 heavy (non-hydrogen) atoms. The third-order valence-corrected chi connectivity index (χ3v) is 2.81. The second-order valence-electron chi connectivity index (χ2n) is 3.82. The molecule has 1 aliphatic heterocycles. The molecule has 1 N–H and O–H groups in total.